The lowest BCUT2D eigenvalue weighted by Gasteiger charge is -2.21. The van der Waals surface area contributed by atoms with Crippen LogP contribution in [0.4, 0.5) is 16.0 Å². The van der Waals surface area contributed by atoms with Crippen molar-refractivity contribution in [3.05, 3.63) is 54.4 Å². The number of primary amides is 1. The SMILES string of the molecule is Cn1cc(-c2cc3c(N[C@@H]4CN(c5ncc(C#N)cn5)C[C@H]4CF)c(C(N)=O)cnn3c2)cn1. The number of carbonyl (C=O) groups is 1. The highest BCUT2D eigenvalue weighted by molar-refractivity contribution is 6.02. The Hall–Kier alpha value is -4.53. The van der Waals surface area contributed by atoms with E-state index in [-0.39, 0.29) is 17.5 Å². The van der Waals surface area contributed by atoms with Crippen LogP contribution in [0.5, 0.6) is 0 Å². The summed E-state index contributed by atoms with van der Waals surface area (Å²) < 4.78 is 17.3. The number of aromatic nitrogens is 6. The van der Waals surface area contributed by atoms with Crippen molar-refractivity contribution in [1.29, 1.82) is 5.26 Å². The molecule has 2 atom stereocenters. The van der Waals surface area contributed by atoms with E-state index in [0.29, 0.717) is 35.8 Å². The molecule has 0 unspecified atom stereocenters. The number of nitrogens with zero attached hydrogens (tertiary/aromatic N) is 8. The maximum absolute atomic E-state index is 14.0. The van der Waals surface area contributed by atoms with Crippen LogP contribution in [-0.2, 0) is 7.05 Å². The molecule has 0 aromatic carbocycles. The summed E-state index contributed by atoms with van der Waals surface area (Å²) in [5.41, 5.74) is 9.10. The Morgan fingerprint density at radius 3 is 2.65 bits per heavy atom. The normalized spacial score (nSPS) is 17.7. The highest BCUT2D eigenvalue weighted by atomic mass is 19.1. The number of aryl methyl sites for hydroxylation is 1. The number of hydrogen-bond acceptors (Lipinski definition) is 8. The number of nitrogens with one attached hydrogen (secondary N) is 1. The standard InChI is InChI=1S/C22H21FN10O/c1-31-9-16(7-28-31)14-2-19-20(17(21(25)34)8-29-33(19)11-14)30-18-12-32(10-15(18)3-23)22-26-5-13(4-24)6-27-22/h2,5-9,11,15,18,30H,3,10,12H2,1H3,(H2,25,34)/t15-,18-/m1/s1. The number of alkyl halides is 1. The first-order valence-corrected chi connectivity index (χ1v) is 10.6. The van der Waals surface area contributed by atoms with Gasteiger partial charge in [-0.1, -0.05) is 0 Å². The third-order valence-electron chi connectivity index (χ3n) is 5.96. The van der Waals surface area contributed by atoms with E-state index in [1.807, 2.05) is 36.5 Å². The van der Waals surface area contributed by atoms with Crippen LogP contribution < -0.4 is 16.0 Å². The van der Waals surface area contributed by atoms with E-state index in [9.17, 15) is 9.18 Å². The predicted molar refractivity (Wildman–Crippen MR) is 122 cm³/mol. The molecule has 1 aliphatic heterocycles. The third kappa shape index (κ3) is 3.77. The molecule has 0 saturated carbocycles. The quantitative estimate of drug-likeness (QED) is 0.439. The second-order valence-corrected chi connectivity index (χ2v) is 8.21. The number of halogens is 1. The Bertz CT molecular complexity index is 1400. The van der Waals surface area contributed by atoms with Gasteiger partial charge in [0.1, 0.15) is 6.07 Å². The predicted octanol–water partition coefficient (Wildman–Crippen LogP) is 1.38. The maximum atomic E-state index is 14.0. The van der Waals surface area contributed by atoms with Gasteiger partial charge in [0.15, 0.2) is 0 Å². The number of nitrogens with two attached hydrogens (primary N) is 1. The fourth-order valence-corrected chi connectivity index (χ4v) is 4.21. The van der Waals surface area contributed by atoms with Gasteiger partial charge in [-0.15, -0.1) is 0 Å². The Kier molecular flexibility index (Phi) is 5.29. The highest BCUT2D eigenvalue weighted by Gasteiger charge is 2.35. The molecule has 12 heteroatoms. The molecular weight excluding hydrogens is 439 g/mol. The first-order chi connectivity index (χ1) is 16.5. The summed E-state index contributed by atoms with van der Waals surface area (Å²) in [5.74, 6) is -0.594. The van der Waals surface area contributed by atoms with E-state index in [2.05, 4.69) is 25.5 Å². The second-order valence-electron chi connectivity index (χ2n) is 8.21. The van der Waals surface area contributed by atoms with Crippen LogP contribution in [0.3, 0.4) is 0 Å². The molecule has 0 bridgehead atoms. The Morgan fingerprint density at radius 2 is 2.00 bits per heavy atom. The number of anilines is 2. The summed E-state index contributed by atoms with van der Waals surface area (Å²) >= 11 is 0. The monoisotopic (exact) mass is 460 g/mol. The summed E-state index contributed by atoms with van der Waals surface area (Å²) in [4.78, 5) is 22.5. The summed E-state index contributed by atoms with van der Waals surface area (Å²) in [6, 6.07) is 3.53. The molecule has 5 heterocycles. The van der Waals surface area contributed by atoms with Gasteiger partial charge in [0.05, 0.1) is 59.8 Å². The number of carbonyl (C=O) groups excluding carboxylic acids is 1. The fraction of sp³-hybridized carbons (Fsp3) is 0.273. The van der Waals surface area contributed by atoms with Crippen molar-refractivity contribution in [2.75, 3.05) is 30.0 Å². The Morgan fingerprint density at radius 1 is 1.21 bits per heavy atom. The van der Waals surface area contributed by atoms with Crippen LogP contribution in [-0.4, -0.2) is 61.1 Å². The molecule has 4 aromatic rings. The third-order valence-corrected chi connectivity index (χ3v) is 5.96. The molecular formula is C22H21FN10O. The molecule has 1 fully saturated rings. The van der Waals surface area contributed by atoms with Crippen LogP contribution in [0.15, 0.2) is 43.2 Å². The number of fused-ring (bicyclic) bond motifs is 1. The molecule has 1 aliphatic rings. The topological polar surface area (TPSA) is 143 Å². The zero-order valence-electron chi connectivity index (χ0n) is 18.3. The first kappa shape index (κ1) is 21.3. The van der Waals surface area contributed by atoms with Crippen LogP contribution in [0.1, 0.15) is 15.9 Å². The van der Waals surface area contributed by atoms with Gasteiger partial charge >= 0.3 is 0 Å². The van der Waals surface area contributed by atoms with Gasteiger partial charge in [-0.05, 0) is 6.07 Å². The fourth-order valence-electron chi connectivity index (χ4n) is 4.21. The molecule has 11 nitrogen and oxygen atoms in total. The summed E-state index contributed by atoms with van der Waals surface area (Å²) in [6.07, 6.45) is 9.73. The zero-order valence-corrected chi connectivity index (χ0v) is 18.3. The van der Waals surface area contributed by atoms with Crippen LogP contribution in [0.25, 0.3) is 16.6 Å². The molecule has 34 heavy (non-hydrogen) atoms. The van der Waals surface area contributed by atoms with E-state index < -0.39 is 12.6 Å². The van der Waals surface area contributed by atoms with Gasteiger partial charge in [-0.3, -0.25) is 13.9 Å². The minimum Gasteiger partial charge on any atom is -0.378 e. The van der Waals surface area contributed by atoms with Gasteiger partial charge < -0.3 is 16.0 Å². The molecule has 1 amide bonds. The van der Waals surface area contributed by atoms with Crippen molar-refractivity contribution in [3.63, 3.8) is 0 Å². The highest BCUT2D eigenvalue weighted by Crippen LogP contribution is 2.31. The van der Waals surface area contributed by atoms with E-state index in [0.717, 1.165) is 11.1 Å². The number of amides is 1. The number of hydrogen-bond donors (Lipinski definition) is 2. The number of rotatable bonds is 6. The van der Waals surface area contributed by atoms with Gasteiger partial charge in [0.2, 0.25) is 5.95 Å². The van der Waals surface area contributed by atoms with Gasteiger partial charge in [0, 0.05) is 49.6 Å². The molecule has 0 radical (unpaired) electrons. The zero-order chi connectivity index (χ0) is 23.8. The van der Waals surface area contributed by atoms with Gasteiger partial charge in [0.25, 0.3) is 5.91 Å². The van der Waals surface area contributed by atoms with Crippen LogP contribution >= 0.6 is 0 Å². The van der Waals surface area contributed by atoms with Crippen molar-refractivity contribution in [2.24, 2.45) is 18.7 Å². The van der Waals surface area contributed by atoms with Crippen molar-refractivity contribution in [1.82, 2.24) is 29.4 Å². The van der Waals surface area contributed by atoms with Crippen molar-refractivity contribution >= 4 is 23.1 Å². The van der Waals surface area contributed by atoms with Gasteiger partial charge in [-0.2, -0.15) is 15.5 Å². The summed E-state index contributed by atoms with van der Waals surface area (Å²) in [6.45, 7) is 0.221. The van der Waals surface area contributed by atoms with Crippen molar-refractivity contribution in [2.45, 2.75) is 6.04 Å². The van der Waals surface area contributed by atoms with Crippen LogP contribution in [0, 0.1) is 17.2 Å². The lowest BCUT2D eigenvalue weighted by molar-refractivity contribution is 0.100. The Balaban J connectivity index is 1.49. The smallest absolute Gasteiger partial charge is 0.252 e. The van der Waals surface area contributed by atoms with Crippen molar-refractivity contribution in [3.8, 4) is 17.2 Å². The summed E-state index contributed by atoms with van der Waals surface area (Å²) in [5, 5.41) is 20.8. The maximum Gasteiger partial charge on any atom is 0.252 e. The average Bonchev–Trinajstić information content (AvgIpc) is 3.57. The minimum absolute atomic E-state index is 0.217. The summed E-state index contributed by atoms with van der Waals surface area (Å²) in [7, 11) is 1.83. The minimum atomic E-state index is -0.635. The molecule has 1 saturated heterocycles. The molecule has 5 rings (SSSR count). The van der Waals surface area contributed by atoms with E-state index in [4.69, 9.17) is 11.0 Å². The first-order valence-electron chi connectivity index (χ1n) is 10.6. The molecule has 4 aromatic heterocycles. The average molecular weight is 460 g/mol. The number of nitriles is 1. The largest absolute Gasteiger partial charge is 0.378 e. The molecule has 0 aliphatic carbocycles. The van der Waals surface area contributed by atoms with E-state index in [1.165, 1.54) is 18.6 Å². The Labute approximate surface area is 193 Å². The second kappa shape index (κ2) is 8.43. The van der Waals surface area contributed by atoms with Gasteiger partial charge in [-0.25, -0.2) is 14.5 Å². The van der Waals surface area contributed by atoms with E-state index in [1.54, 1.807) is 15.4 Å². The molecule has 3 N–H and O–H groups in total. The molecule has 0 spiro atoms. The van der Waals surface area contributed by atoms with Crippen LogP contribution in [0.2, 0.25) is 0 Å². The lowest BCUT2D eigenvalue weighted by Crippen LogP contribution is -2.31. The van der Waals surface area contributed by atoms with Crippen molar-refractivity contribution < 1.29 is 9.18 Å². The lowest BCUT2D eigenvalue weighted by atomic mass is 10.0. The molecule has 172 valence electrons. The van der Waals surface area contributed by atoms with E-state index >= 15 is 0 Å².